The fourth-order valence-electron chi connectivity index (χ4n) is 3.90. The molecule has 3 rings (SSSR count). The quantitative estimate of drug-likeness (QED) is 0.877. The van der Waals surface area contributed by atoms with Crippen molar-refractivity contribution >= 4 is 11.8 Å². The van der Waals surface area contributed by atoms with Crippen molar-refractivity contribution in [3.8, 4) is 11.5 Å². The van der Waals surface area contributed by atoms with Gasteiger partial charge in [0.05, 0.1) is 6.42 Å². The number of fused-ring (bicyclic) bond motifs is 3. The Morgan fingerprint density at radius 1 is 1.41 bits per heavy atom. The Balaban J connectivity index is 2.08. The monoisotopic (exact) mass is 304 g/mol. The van der Waals surface area contributed by atoms with Crippen LogP contribution in [-0.4, -0.2) is 27.6 Å². The van der Waals surface area contributed by atoms with E-state index in [1.54, 1.807) is 6.07 Å². The van der Waals surface area contributed by atoms with Crippen molar-refractivity contribution < 1.29 is 24.5 Å². The van der Waals surface area contributed by atoms with Gasteiger partial charge >= 0.3 is 5.97 Å². The number of hydrogen-bond acceptors (Lipinski definition) is 4. The molecule has 0 aromatic heterocycles. The molecule has 2 N–H and O–H groups in total. The number of ketones is 1. The van der Waals surface area contributed by atoms with Crippen LogP contribution >= 0.6 is 0 Å². The van der Waals surface area contributed by atoms with Crippen LogP contribution in [0.3, 0.4) is 0 Å². The highest BCUT2D eigenvalue weighted by molar-refractivity contribution is 5.81. The molecule has 22 heavy (non-hydrogen) atoms. The van der Waals surface area contributed by atoms with Crippen LogP contribution in [0.5, 0.6) is 11.5 Å². The first-order chi connectivity index (χ1) is 10.3. The van der Waals surface area contributed by atoms with Crippen molar-refractivity contribution in [3.05, 3.63) is 23.3 Å². The summed E-state index contributed by atoms with van der Waals surface area (Å²) in [5.74, 6) is -0.0852. The van der Waals surface area contributed by atoms with E-state index >= 15 is 0 Å². The lowest BCUT2D eigenvalue weighted by Crippen LogP contribution is -2.47. The lowest BCUT2D eigenvalue weighted by atomic mass is 9.66. The van der Waals surface area contributed by atoms with Crippen LogP contribution in [0, 0.1) is 5.92 Å². The summed E-state index contributed by atoms with van der Waals surface area (Å²) in [6.07, 6.45) is 1.56. The smallest absolute Gasteiger partial charge is 0.307 e. The van der Waals surface area contributed by atoms with E-state index in [1.165, 1.54) is 6.07 Å². The fraction of sp³-hybridized carbons (Fsp3) is 0.529. The minimum absolute atomic E-state index is 0.0361. The van der Waals surface area contributed by atoms with E-state index in [1.807, 2.05) is 13.8 Å². The second kappa shape index (κ2) is 5.00. The summed E-state index contributed by atoms with van der Waals surface area (Å²) in [7, 11) is 0. The third-order valence-electron chi connectivity index (χ3n) is 4.84. The van der Waals surface area contributed by atoms with Crippen LogP contribution in [0.25, 0.3) is 0 Å². The van der Waals surface area contributed by atoms with Gasteiger partial charge < -0.3 is 14.9 Å². The highest BCUT2D eigenvalue weighted by Crippen LogP contribution is 2.53. The molecule has 2 unspecified atom stereocenters. The molecule has 1 aromatic carbocycles. The van der Waals surface area contributed by atoms with Crippen molar-refractivity contribution in [2.75, 3.05) is 0 Å². The molecule has 5 heteroatoms. The summed E-state index contributed by atoms with van der Waals surface area (Å²) in [6.45, 7) is 3.98. The molecule has 1 fully saturated rings. The van der Waals surface area contributed by atoms with Gasteiger partial charge in [-0.25, -0.2) is 0 Å². The SMILES string of the molecule is CC1(C)Oc2cc(CC(=O)O)cc(O)c2C2CC(=O)CCC21. The molecule has 1 heterocycles. The van der Waals surface area contributed by atoms with Crippen molar-refractivity contribution in [1.82, 2.24) is 0 Å². The van der Waals surface area contributed by atoms with Crippen molar-refractivity contribution in [3.63, 3.8) is 0 Å². The highest BCUT2D eigenvalue weighted by atomic mass is 16.5. The van der Waals surface area contributed by atoms with Gasteiger partial charge in [0.1, 0.15) is 22.9 Å². The summed E-state index contributed by atoms with van der Waals surface area (Å²) in [6, 6.07) is 3.16. The molecule has 1 saturated carbocycles. The zero-order valence-corrected chi connectivity index (χ0v) is 12.8. The first-order valence-corrected chi connectivity index (χ1v) is 7.56. The van der Waals surface area contributed by atoms with Crippen LogP contribution in [0.2, 0.25) is 0 Å². The largest absolute Gasteiger partial charge is 0.508 e. The molecule has 0 bridgehead atoms. The van der Waals surface area contributed by atoms with Crippen LogP contribution in [0.15, 0.2) is 12.1 Å². The van der Waals surface area contributed by atoms with Gasteiger partial charge in [-0.05, 0) is 38.0 Å². The molecule has 2 aliphatic rings. The minimum Gasteiger partial charge on any atom is -0.508 e. The summed E-state index contributed by atoms with van der Waals surface area (Å²) < 4.78 is 6.06. The summed E-state index contributed by atoms with van der Waals surface area (Å²) in [5, 5.41) is 19.3. The molecule has 1 aliphatic heterocycles. The topological polar surface area (TPSA) is 83.8 Å². The van der Waals surface area contributed by atoms with Gasteiger partial charge in [-0.15, -0.1) is 0 Å². The zero-order chi connectivity index (χ0) is 16.1. The molecule has 1 aromatic rings. The van der Waals surface area contributed by atoms with Gasteiger partial charge in [0.2, 0.25) is 0 Å². The number of hydrogen-bond donors (Lipinski definition) is 2. The second-order valence-corrected chi connectivity index (χ2v) is 6.80. The average Bonchev–Trinajstić information content (AvgIpc) is 2.35. The maximum atomic E-state index is 11.9. The van der Waals surface area contributed by atoms with Gasteiger partial charge in [-0.1, -0.05) is 0 Å². The van der Waals surface area contributed by atoms with E-state index in [0.717, 1.165) is 6.42 Å². The number of carbonyl (C=O) groups excluding carboxylic acids is 1. The van der Waals surface area contributed by atoms with Gasteiger partial charge in [0.25, 0.3) is 0 Å². The Labute approximate surface area is 128 Å². The second-order valence-electron chi connectivity index (χ2n) is 6.80. The summed E-state index contributed by atoms with van der Waals surface area (Å²) in [4.78, 5) is 22.7. The van der Waals surface area contributed by atoms with Crippen molar-refractivity contribution in [1.29, 1.82) is 0 Å². The standard InChI is InChI=1S/C17H20O5/c1-17(2)12-4-3-10(18)8-11(12)16-13(19)5-9(7-15(20)21)6-14(16)22-17/h5-6,11-12,19H,3-4,7-8H2,1-2H3,(H,20,21). The lowest BCUT2D eigenvalue weighted by Gasteiger charge is -2.47. The highest BCUT2D eigenvalue weighted by Gasteiger charge is 2.47. The Morgan fingerprint density at radius 2 is 2.14 bits per heavy atom. The number of carboxylic acids is 1. The summed E-state index contributed by atoms with van der Waals surface area (Å²) in [5.41, 5.74) is 0.721. The number of phenolic OH excluding ortho intramolecular Hbond substituents is 1. The number of rotatable bonds is 2. The van der Waals surface area contributed by atoms with Gasteiger partial charge in [0, 0.05) is 30.2 Å². The van der Waals surface area contributed by atoms with Crippen LogP contribution in [-0.2, 0) is 16.0 Å². The zero-order valence-electron chi connectivity index (χ0n) is 12.8. The first-order valence-electron chi connectivity index (χ1n) is 7.56. The average molecular weight is 304 g/mol. The summed E-state index contributed by atoms with van der Waals surface area (Å²) >= 11 is 0. The molecule has 2 atom stereocenters. The number of carboxylic acid groups (broad SMARTS) is 1. The van der Waals surface area contributed by atoms with Gasteiger partial charge in [-0.2, -0.15) is 0 Å². The lowest BCUT2D eigenvalue weighted by molar-refractivity contribution is -0.136. The van der Waals surface area contributed by atoms with Crippen molar-refractivity contribution in [2.45, 2.75) is 51.0 Å². The number of benzene rings is 1. The first kappa shape index (κ1) is 14.9. The van der Waals surface area contributed by atoms with Gasteiger partial charge in [-0.3, -0.25) is 9.59 Å². The third-order valence-corrected chi connectivity index (χ3v) is 4.84. The third kappa shape index (κ3) is 2.45. The number of phenols is 1. The molecular formula is C17H20O5. The maximum Gasteiger partial charge on any atom is 0.307 e. The number of aromatic hydroxyl groups is 1. The predicted molar refractivity (Wildman–Crippen MR) is 79.2 cm³/mol. The van der Waals surface area contributed by atoms with Crippen LogP contribution in [0.1, 0.15) is 50.2 Å². The molecule has 0 radical (unpaired) electrons. The van der Waals surface area contributed by atoms with E-state index in [4.69, 9.17) is 9.84 Å². The Bertz CT molecular complexity index is 647. The maximum absolute atomic E-state index is 11.9. The number of aliphatic carboxylic acids is 1. The van der Waals surface area contributed by atoms with E-state index in [9.17, 15) is 14.7 Å². The van der Waals surface area contributed by atoms with Crippen LogP contribution in [0.4, 0.5) is 0 Å². The number of carbonyl (C=O) groups is 2. The van der Waals surface area contributed by atoms with Crippen LogP contribution < -0.4 is 4.74 Å². The minimum atomic E-state index is -0.958. The van der Waals surface area contributed by atoms with Crippen molar-refractivity contribution in [2.24, 2.45) is 5.92 Å². The number of Topliss-reactive ketones (excluding diaryl/α,β-unsaturated/α-hetero) is 1. The van der Waals surface area contributed by atoms with E-state index in [2.05, 4.69) is 0 Å². The molecule has 1 aliphatic carbocycles. The molecule has 0 spiro atoms. The number of ether oxygens (including phenoxy) is 1. The molecule has 118 valence electrons. The Hall–Kier alpha value is -2.04. The normalized spacial score (nSPS) is 25.8. The molecule has 0 saturated heterocycles. The fourth-order valence-corrected chi connectivity index (χ4v) is 3.90. The predicted octanol–water partition coefficient (Wildman–Crippen LogP) is 2.64. The molecular weight excluding hydrogens is 284 g/mol. The Kier molecular flexibility index (Phi) is 3.38. The molecule has 0 amide bonds. The molecule has 5 nitrogen and oxygen atoms in total. The Morgan fingerprint density at radius 3 is 2.82 bits per heavy atom. The van der Waals surface area contributed by atoms with E-state index in [0.29, 0.717) is 29.7 Å². The van der Waals surface area contributed by atoms with E-state index < -0.39 is 11.6 Å². The van der Waals surface area contributed by atoms with E-state index in [-0.39, 0.29) is 29.8 Å². The van der Waals surface area contributed by atoms with Gasteiger partial charge in [0.15, 0.2) is 0 Å².